The minimum absolute atomic E-state index is 0.480. The molecule has 0 bridgehead atoms. The van der Waals surface area contributed by atoms with Gasteiger partial charge in [0.15, 0.2) is 0 Å². The molecule has 3 aromatic rings. The predicted molar refractivity (Wildman–Crippen MR) is 110 cm³/mol. The fraction of sp³-hybridized carbons (Fsp3) is 0.300. The fourth-order valence-corrected chi connectivity index (χ4v) is 3.14. The van der Waals surface area contributed by atoms with Crippen LogP contribution in [-0.2, 0) is 4.74 Å². The van der Waals surface area contributed by atoms with Crippen LogP contribution in [0.2, 0.25) is 0 Å². The van der Waals surface area contributed by atoms with Crippen LogP contribution in [0.5, 0.6) is 0 Å². The molecule has 1 aliphatic heterocycles. The molecule has 0 atom stereocenters. The van der Waals surface area contributed by atoms with Gasteiger partial charge in [0.05, 0.1) is 24.6 Å². The van der Waals surface area contributed by atoms with E-state index in [0.717, 1.165) is 41.4 Å². The van der Waals surface area contributed by atoms with Crippen molar-refractivity contribution in [3.63, 3.8) is 0 Å². The van der Waals surface area contributed by atoms with E-state index in [-0.39, 0.29) is 0 Å². The molecular formula is C20H23N7O. The SMILES string of the molecule is CN(C)c1ncccc1-c1cc(-c2ccc(N)nc2)nc(N2CCOCC2)n1. The van der Waals surface area contributed by atoms with Crippen molar-refractivity contribution >= 4 is 17.6 Å². The number of aromatic nitrogens is 4. The molecule has 0 radical (unpaired) electrons. The molecule has 4 heterocycles. The minimum atomic E-state index is 0.480. The molecule has 0 spiro atoms. The van der Waals surface area contributed by atoms with Crippen LogP contribution in [0.3, 0.4) is 0 Å². The van der Waals surface area contributed by atoms with Crippen LogP contribution in [-0.4, -0.2) is 60.3 Å². The molecule has 2 N–H and O–H groups in total. The Morgan fingerprint density at radius 1 is 1.04 bits per heavy atom. The molecule has 0 aliphatic carbocycles. The number of rotatable bonds is 4. The van der Waals surface area contributed by atoms with Gasteiger partial charge in [0.25, 0.3) is 0 Å². The molecule has 28 heavy (non-hydrogen) atoms. The lowest BCUT2D eigenvalue weighted by molar-refractivity contribution is 0.122. The molecule has 0 unspecified atom stereocenters. The Hall–Kier alpha value is -3.26. The van der Waals surface area contributed by atoms with E-state index in [0.29, 0.717) is 25.0 Å². The Kier molecular flexibility index (Phi) is 5.03. The van der Waals surface area contributed by atoms with Gasteiger partial charge in [-0.15, -0.1) is 0 Å². The zero-order valence-electron chi connectivity index (χ0n) is 16.0. The summed E-state index contributed by atoms with van der Waals surface area (Å²) < 4.78 is 5.48. The maximum absolute atomic E-state index is 5.75. The molecule has 1 saturated heterocycles. The quantitative estimate of drug-likeness (QED) is 0.739. The summed E-state index contributed by atoms with van der Waals surface area (Å²) >= 11 is 0. The lowest BCUT2D eigenvalue weighted by Gasteiger charge is -2.27. The molecule has 3 aromatic heterocycles. The van der Waals surface area contributed by atoms with Crippen LogP contribution in [0.4, 0.5) is 17.6 Å². The second kappa shape index (κ2) is 7.77. The standard InChI is InChI=1S/C20H23N7O/c1-26(2)19-15(4-3-7-22-19)17-12-16(14-5-6-18(21)23-13-14)24-20(25-17)27-8-10-28-11-9-27/h3-7,12-13H,8-11H2,1-2H3,(H2,21,23). The highest BCUT2D eigenvalue weighted by atomic mass is 16.5. The fourth-order valence-electron chi connectivity index (χ4n) is 3.14. The number of nitrogen functional groups attached to an aromatic ring is 1. The third-order valence-electron chi connectivity index (χ3n) is 4.58. The van der Waals surface area contributed by atoms with Gasteiger partial charge in [-0.05, 0) is 30.3 Å². The van der Waals surface area contributed by atoms with E-state index in [9.17, 15) is 0 Å². The lowest BCUT2D eigenvalue weighted by atomic mass is 10.1. The molecule has 1 fully saturated rings. The number of hydrogen-bond acceptors (Lipinski definition) is 8. The summed E-state index contributed by atoms with van der Waals surface area (Å²) in [6, 6.07) is 9.62. The van der Waals surface area contributed by atoms with Crippen LogP contribution in [0.25, 0.3) is 22.5 Å². The van der Waals surface area contributed by atoms with Gasteiger partial charge in [0.2, 0.25) is 5.95 Å². The number of nitrogens with zero attached hydrogens (tertiary/aromatic N) is 6. The Bertz CT molecular complexity index is 953. The maximum atomic E-state index is 5.75. The van der Waals surface area contributed by atoms with E-state index >= 15 is 0 Å². The van der Waals surface area contributed by atoms with Gasteiger partial charge in [0, 0.05) is 50.7 Å². The Morgan fingerprint density at radius 3 is 2.54 bits per heavy atom. The van der Waals surface area contributed by atoms with Crippen molar-refractivity contribution in [3.8, 4) is 22.5 Å². The van der Waals surface area contributed by atoms with E-state index in [1.54, 1.807) is 18.5 Å². The maximum Gasteiger partial charge on any atom is 0.226 e. The third-order valence-corrected chi connectivity index (χ3v) is 4.58. The third kappa shape index (κ3) is 3.72. The van der Waals surface area contributed by atoms with Gasteiger partial charge in [-0.3, -0.25) is 0 Å². The highest BCUT2D eigenvalue weighted by Crippen LogP contribution is 2.31. The summed E-state index contributed by atoms with van der Waals surface area (Å²) in [4.78, 5) is 22.5. The summed E-state index contributed by atoms with van der Waals surface area (Å²) in [5.74, 6) is 2.02. The smallest absolute Gasteiger partial charge is 0.226 e. The van der Waals surface area contributed by atoms with Crippen molar-refractivity contribution in [2.24, 2.45) is 0 Å². The van der Waals surface area contributed by atoms with Gasteiger partial charge in [0.1, 0.15) is 11.6 Å². The number of nitrogens with two attached hydrogens (primary N) is 1. The Balaban J connectivity index is 1.86. The number of ether oxygens (including phenoxy) is 1. The van der Waals surface area contributed by atoms with Crippen LogP contribution in [0, 0.1) is 0 Å². The van der Waals surface area contributed by atoms with Crippen molar-refractivity contribution in [2.75, 3.05) is 55.9 Å². The van der Waals surface area contributed by atoms with E-state index in [1.165, 1.54) is 0 Å². The highest BCUT2D eigenvalue weighted by molar-refractivity contribution is 5.77. The summed E-state index contributed by atoms with van der Waals surface area (Å²) in [7, 11) is 3.95. The molecule has 4 rings (SSSR count). The number of hydrogen-bond donors (Lipinski definition) is 1. The van der Waals surface area contributed by atoms with Gasteiger partial charge in [-0.25, -0.2) is 19.9 Å². The van der Waals surface area contributed by atoms with Crippen LogP contribution in [0.15, 0.2) is 42.7 Å². The van der Waals surface area contributed by atoms with Gasteiger partial charge >= 0.3 is 0 Å². The van der Waals surface area contributed by atoms with Gasteiger partial charge in [-0.2, -0.15) is 0 Å². The molecule has 8 nitrogen and oxygen atoms in total. The summed E-state index contributed by atoms with van der Waals surface area (Å²) in [6.07, 6.45) is 3.52. The second-order valence-corrected chi connectivity index (χ2v) is 6.78. The molecular weight excluding hydrogens is 354 g/mol. The second-order valence-electron chi connectivity index (χ2n) is 6.78. The Morgan fingerprint density at radius 2 is 1.82 bits per heavy atom. The van der Waals surface area contributed by atoms with E-state index in [2.05, 4.69) is 14.9 Å². The largest absolute Gasteiger partial charge is 0.384 e. The van der Waals surface area contributed by atoms with Crippen molar-refractivity contribution in [3.05, 3.63) is 42.7 Å². The van der Waals surface area contributed by atoms with Gasteiger partial charge < -0.3 is 20.3 Å². The summed E-state index contributed by atoms with van der Waals surface area (Å²) in [6.45, 7) is 2.86. The first-order chi connectivity index (χ1) is 13.6. The molecule has 0 amide bonds. The zero-order chi connectivity index (χ0) is 19.5. The van der Waals surface area contributed by atoms with Crippen LogP contribution >= 0.6 is 0 Å². The molecule has 144 valence electrons. The monoisotopic (exact) mass is 377 g/mol. The van der Waals surface area contributed by atoms with Crippen molar-refractivity contribution < 1.29 is 4.74 Å². The van der Waals surface area contributed by atoms with Crippen molar-refractivity contribution in [1.29, 1.82) is 0 Å². The number of morpholine rings is 1. The Labute approximate surface area is 164 Å². The van der Waals surface area contributed by atoms with Crippen molar-refractivity contribution in [2.45, 2.75) is 0 Å². The first kappa shape index (κ1) is 18.1. The van der Waals surface area contributed by atoms with Crippen LogP contribution in [0.1, 0.15) is 0 Å². The molecule has 1 aliphatic rings. The van der Waals surface area contributed by atoms with Gasteiger partial charge in [-0.1, -0.05) is 0 Å². The highest BCUT2D eigenvalue weighted by Gasteiger charge is 2.19. The van der Waals surface area contributed by atoms with E-state index in [4.69, 9.17) is 20.4 Å². The molecule has 0 saturated carbocycles. The zero-order valence-corrected chi connectivity index (χ0v) is 16.0. The minimum Gasteiger partial charge on any atom is -0.384 e. The predicted octanol–water partition coefficient (Wildman–Crippen LogP) is 2.09. The first-order valence-corrected chi connectivity index (χ1v) is 9.18. The molecule has 8 heteroatoms. The van der Waals surface area contributed by atoms with Crippen LogP contribution < -0.4 is 15.5 Å². The average molecular weight is 377 g/mol. The summed E-state index contributed by atoms with van der Waals surface area (Å²) in [5.41, 5.74) is 9.21. The summed E-state index contributed by atoms with van der Waals surface area (Å²) in [5, 5.41) is 0. The number of pyridine rings is 2. The van der Waals surface area contributed by atoms with E-state index < -0.39 is 0 Å². The van der Waals surface area contributed by atoms with E-state index in [1.807, 2.05) is 43.3 Å². The molecule has 0 aromatic carbocycles. The number of anilines is 3. The lowest BCUT2D eigenvalue weighted by Crippen LogP contribution is -2.37. The van der Waals surface area contributed by atoms with Crippen molar-refractivity contribution in [1.82, 2.24) is 19.9 Å². The normalized spacial score (nSPS) is 14.1. The average Bonchev–Trinajstić information content (AvgIpc) is 2.74. The topological polar surface area (TPSA) is 93.3 Å². The first-order valence-electron chi connectivity index (χ1n) is 9.18.